The summed E-state index contributed by atoms with van der Waals surface area (Å²) in [5.41, 5.74) is 5.55. The summed E-state index contributed by atoms with van der Waals surface area (Å²) in [6.07, 6.45) is -2.87. The fourth-order valence-electron chi connectivity index (χ4n) is 2.88. The smallest absolute Gasteiger partial charge is 0.265 e. The molecule has 1 aliphatic heterocycles. The van der Waals surface area contributed by atoms with Gasteiger partial charge in [-0.05, 0) is 30.3 Å². The van der Waals surface area contributed by atoms with Crippen molar-refractivity contribution in [1.82, 2.24) is 5.32 Å². The lowest BCUT2D eigenvalue weighted by Crippen LogP contribution is -2.45. The molecule has 0 saturated carbocycles. The molecule has 2 aromatic rings. The molecular formula is C19H19ClF2N4O4S. The number of nitrogens with two attached hydrogens (primary N) is 1. The molecule has 3 amide bonds. The molecule has 1 atom stereocenters. The van der Waals surface area contributed by atoms with E-state index in [0.29, 0.717) is 9.21 Å². The van der Waals surface area contributed by atoms with E-state index in [1.165, 1.54) is 17.0 Å². The number of alkyl halides is 2. The predicted molar refractivity (Wildman–Crippen MR) is 113 cm³/mol. The molecule has 2 heterocycles. The molecule has 1 aliphatic rings. The van der Waals surface area contributed by atoms with Crippen molar-refractivity contribution in [3.05, 3.63) is 45.1 Å². The Balaban J connectivity index is 1.64. The van der Waals surface area contributed by atoms with E-state index in [-0.39, 0.29) is 37.7 Å². The molecule has 1 saturated heterocycles. The fourth-order valence-corrected chi connectivity index (χ4v) is 3.84. The lowest BCUT2D eigenvalue weighted by molar-refractivity contribution is -0.125. The van der Waals surface area contributed by atoms with Gasteiger partial charge in [0.2, 0.25) is 5.91 Å². The molecular weight excluding hydrogens is 454 g/mol. The molecule has 0 radical (unpaired) electrons. The van der Waals surface area contributed by atoms with Crippen LogP contribution in [0, 0.1) is 0 Å². The van der Waals surface area contributed by atoms with Crippen LogP contribution in [0.15, 0.2) is 30.3 Å². The molecule has 0 bridgehead atoms. The van der Waals surface area contributed by atoms with Crippen LogP contribution in [0.4, 0.5) is 20.2 Å². The molecule has 0 aliphatic carbocycles. The molecule has 1 aromatic carbocycles. The third-order valence-corrected chi connectivity index (χ3v) is 5.65. The minimum Gasteiger partial charge on any atom is -0.370 e. The Morgan fingerprint density at radius 2 is 2.06 bits per heavy atom. The largest absolute Gasteiger partial charge is 0.370 e. The first-order valence-electron chi connectivity index (χ1n) is 9.16. The molecule has 3 rings (SSSR count). The van der Waals surface area contributed by atoms with Crippen LogP contribution in [0.5, 0.6) is 0 Å². The second-order valence-electron chi connectivity index (χ2n) is 6.58. The van der Waals surface area contributed by atoms with Crippen molar-refractivity contribution in [2.24, 2.45) is 5.73 Å². The Labute approximate surface area is 185 Å². The Morgan fingerprint density at radius 3 is 2.71 bits per heavy atom. The zero-order valence-electron chi connectivity index (χ0n) is 16.1. The number of anilines is 2. The summed E-state index contributed by atoms with van der Waals surface area (Å²) in [5, 5.41) is 4.97. The van der Waals surface area contributed by atoms with Crippen LogP contribution in [0.3, 0.4) is 0 Å². The molecule has 8 nitrogen and oxygen atoms in total. The first-order chi connectivity index (χ1) is 14.8. The van der Waals surface area contributed by atoms with E-state index < -0.39 is 35.8 Å². The molecule has 1 fully saturated rings. The van der Waals surface area contributed by atoms with Gasteiger partial charge in [0.15, 0.2) is 0 Å². The highest BCUT2D eigenvalue weighted by molar-refractivity contribution is 7.18. The van der Waals surface area contributed by atoms with Gasteiger partial charge in [-0.3, -0.25) is 14.4 Å². The van der Waals surface area contributed by atoms with Crippen molar-refractivity contribution in [1.29, 1.82) is 0 Å². The van der Waals surface area contributed by atoms with Crippen molar-refractivity contribution in [2.75, 3.05) is 36.5 Å². The first kappa shape index (κ1) is 23.1. The number of rotatable bonds is 7. The predicted octanol–water partition coefficient (Wildman–Crippen LogP) is 2.40. The number of carbonyl (C=O) groups excluding carboxylic acids is 3. The maximum absolute atomic E-state index is 13.6. The fraction of sp³-hybridized carbons (Fsp3) is 0.316. The van der Waals surface area contributed by atoms with Crippen molar-refractivity contribution in [3.8, 4) is 0 Å². The van der Waals surface area contributed by atoms with Gasteiger partial charge in [0, 0.05) is 24.3 Å². The van der Waals surface area contributed by atoms with Crippen molar-refractivity contribution in [2.45, 2.75) is 12.5 Å². The number of halogens is 3. The summed E-state index contributed by atoms with van der Waals surface area (Å²) in [6, 6.07) is 5.84. The number of morpholine rings is 1. The van der Waals surface area contributed by atoms with E-state index in [4.69, 9.17) is 22.1 Å². The minimum atomic E-state index is -2.87. The monoisotopic (exact) mass is 472 g/mol. The van der Waals surface area contributed by atoms with E-state index >= 15 is 0 Å². The van der Waals surface area contributed by atoms with Crippen molar-refractivity contribution < 1.29 is 27.9 Å². The molecule has 31 heavy (non-hydrogen) atoms. The molecule has 4 N–H and O–H groups in total. The van der Waals surface area contributed by atoms with Crippen LogP contribution in [-0.2, 0) is 14.3 Å². The third-order valence-electron chi connectivity index (χ3n) is 4.42. The van der Waals surface area contributed by atoms with Gasteiger partial charge in [-0.1, -0.05) is 11.6 Å². The van der Waals surface area contributed by atoms with Crippen LogP contribution in [0.1, 0.15) is 21.7 Å². The molecule has 166 valence electrons. The maximum Gasteiger partial charge on any atom is 0.265 e. The highest BCUT2D eigenvalue weighted by Gasteiger charge is 2.26. The van der Waals surface area contributed by atoms with Crippen molar-refractivity contribution >= 4 is 52.0 Å². The number of benzene rings is 1. The summed E-state index contributed by atoms with van der Waals surface area (Å²) in [7, 11) is 0. The Morgan fingerprint density at radius 1 is 1.29 bits per heavy atom. The lowest BCUT2D eigenvalue weighted by atomic mass is 10.1. The average Bonchev–Trinajstić information content (AvgIpc) is 3.18. The van der Waals surface area contributed by atoms with Crippen LogP contribution < -0.4 is 21.3 Å². The number of amides is 3. The van der Waals surface area contributed by atoms with Crippen LogP contribution in [-0.4, -0.2) is 50.1 Å². The van der Waals surface area contributed by atoms with Gasteiger partial charge in [0.1, 0.15) is 12.6 Å². The van der Waals surface area contributed by atoms with E-state index in [1.54, 1.807) is 12.1 Å². The van der Waals surface area contributed by atoms with Crippen LogP contribution in [0.2, 0.25) is 4.34 Å². The molecule has 12 heteroatoms. The van der Waals surface area contributed by atoms with E-state index in [2.05, 4.69) is 10.6 Å². The van der Waals surface area contributed by atoms with Crippen LogP contribution in [0.25, 0.3) is 0 Å². The Hall–Kier alpha value is -2.60. The summed E-state index contributed by atoms with van der Waals surface area (Å²) in [4.78, 5) is 37.9. The summed E-state index contributed by atoms with van der Waals surface area (Å²) in [5.74, 6) is -1.52. The highest BCUT2D eigenvalue weighted by Crippen LogP contribution is 2.33. The molecule has 0 spiro atoms. The number of nitrogens with one attached hydrogen (secondary N) is 2. The van der Waals surface area contributed by atoms with Gasteiger partial charge < -0.3 is 26.0 Å². The van der Waals surface area contributed by atoms with E-state index in [1.807, 2.05) is 0 Å². The number of nitrogens with zero attached hydrogens (tertiary/aromatic N) is 1. The number of ether oxygens (including phenoxy) is 1. The Kier molecular flexibility index (Phi) is 7.55. The normalized spacial score (nSPS) is 15.1. The van der Waals surface area contributed by atoms with Gasteiger partial charge >= 0.3 is 0 Å². The van der Waals surface area contributed by atoms with Gasteiger partial charge in [-0.2, -0.15) is 0 Å². The first-order valence-corrected chi connectivity index (χ1v) is 10.4. The number of carbonyl (C=O) groups is 3. The standard InChI is InChI=1S/C19H19ClF2N4O4S/c20-15-4-3-14(31-15)19(29)24-8-12(23)18(28)25-10-1-2-13(11(7-10)17(21)22)26-5-6-30-9-16(26)27/h1-4,7,12,17H,5-6,8-9,23H2,(H,24,29)(H,25,28)/t12-/m0/s1. The van der Waals surface area contributed by atoms with Crippen LogP contribution >= 0.6 is 22.9 Å². The minimum absolute atomic E-state index is 0.0625. The number of hydrogen-bond acceptors (Lipinski definition) is 6. The van der Waals surface area contributed by atoms with Gasteiger partial charge in [-0.25, -0.2) is 8.78 Å². The number of hydrogen-bond donors (Lipinski definition) is 3. The van der Waals surface area contributed by atoms with Crippen molar-refractivity contribution in [3.63, 3.8) is 0 Å². The van der Waals surface area contributed by atoms with Gasteiger partial charge in [-0.15, -0.1) is 11.3 Å². The Bertz CT molecular complexity index is 988. The van der Waals surface area contributed by atoms with Gasteiger partial charge in [0.25, 0.3) is 18.2 Å². The SMILES string of the molecule is N[C@@H](CNC(=O)c1ccc(Cl)s1)C(=O)Nc1ccc(N2CCOCC2=O)c(C(F)F)c1. The topological polar surface area (TPSA) is 114 Å². The molecule has 1 aromatic heterocycles. The maximum atomic E-state index is 13.6. The third kappa shape index (κ3) is 5.76. The van der Waals surface area contributed by atoms with E-state index in [9.17, 15) is 23.2 Å². The average molecular weight is 473 g/mol. The zero-order chi connectivity index (χ0) is 22.5. The lowest BCUT2D eigenvalue weighted by Gasteiger charge is -2.29. The van der Waals surface area contributed by atoms with E-state index in [0.717, 1.165) is 17.4 Å². The zero-order valence-corrected chi connectivity index (χ0v) is 17.6. The number of thiophene rings is 1. The summed E-state index contributed by atoms with van der Waals surface area (Å²) < 4.78 is 32.7. The molecule has 0 unspecified atom stereocenters. The summed E-state index contributed by atoms with van der Waals surface area (Å²) >= 11 is 6.86. The summed E-state index contributed by atoms with van der Waals surface area (Å²) in [6.45, 7) is 0.0527. The highest BCUT2D eigenvalue weighted by atomic mass is 35.5. The quantitative estimate of drug-likeness (QED) is 0.572. The second kappa shape index (κ2) is 10.1. The second-order valence-corrected chi connectivity index (χ2v) is 8.30. The van der Waals surface area contributed by atoms with Gasteiger partial charge in [0.05, 0.1) is 21.5 Å².